The third-order valence-corrected chi connectivity index (χ3v) is 1.17. The van der Waals surface area contributed by atoms with Crippen LogP contribution < -0.4 is 18.9 Å². The van der Waals surface area contributed by atoms with Gasteiger partial charge in [-0.15, -0.1) is 12.1 Å². The molecule has 0 aromatic heterocycles. The Balaban J connectivity index is 0. The molecule has 0 unspecified atom stereocenters. The molecule has 1 N–H and O–H groups in total. The molecule has 0 spiro atoms. The van der Waals surface area contributed by atoms with Gasteiger partial charge in [0.15, 0.2) is 0 Å². The van der Waals surface area contributed by atoms with E-state index in [1.807, 2.05) is 19.1 Å². The molecule has 2 nitrogen and oxygen atoms in total. The molecule has 1 aromatic carbocycles. The van der Waals surface area contributed by atoms with Gasteiger partial charge in [-0.25, -0.2) is 0 Å². The Morgan fingerprint density at radius 1 is 1.18 bits per heavy atom. The van der Waals surface area contributed by atoms with Crippen molar-refractivity contribution >= 4 is 6.29 Å². The number of hydrogen-bond acceptors (Lipinski definition) is 2. The van der Waals surface area contributed by atoms with Crippen LogP contribution in [0.4, 0.5) is 0 Å². The Labute approximate surface area is 78.1 Å². The summed E-state index contributed by atoms with van der Waals surface area (Å²) in [5.74, 6) is 0. The van der Waals surface area contributed by atoms with E-state index < -0.39 is 0 Å². The zero-order chi connectivity index (χ0) is 6.69. The van der Waals surface area contributed by atoms with Crippen LogP contribution in [-0.4, -0.2) is 11.8 Å². The summed E-state index contributed by atoms with van der Waals surface area (Å²) in [6.45, 7) is 1.98. The fraction of sp³-hybridized carbons (Fsp3) is 0.125. The molecule has 0 amide bonds. The molecule has 0 bridgehead atoms. The first-order valence-corrected chi connectivity index (χ1v) is 2.78. The Hall–Kier alpha value is -0.553. The largest absolute Gasteiger partial charge is 1.00 e. The zero-order valence-electron chi connectivity index (χ0n) is 6.66. The maximum atomic E-state index is 9.99. The summed E-state index contributed by atoms with van der Waals surface area (Å²) in [5.41, 5.74) is 1.77. The molecule has 0 radical (unpaired) electrons. The SMILES string of the molecule is Cc1ccc([C-]=O)cc1.[Li+].[OH-]. The van der Waals surface area contributed by atoms with Gasteiger partial charge in [0.05, 0.1) is 6.29 Å². The van der Waals surface area contributed by atoms with Crippen molar-refractivity contribution in [3.63, 3.8) is 0 Å². The van der Waals surface area contributed by atoms with E-state index >= 15 is 0 Å². The van der Waals surface area contributed by atoms with Crippen LogP contribution in [-0.2, 0) is 4.79 Å². The first kappa shape index (κ1) is 13.1. The van der Waals surface area contributed by atoms with Crippen molar-refractivity contribution in [1.29, 1.82) is 0 Å². The summed E-state index contributed by atoms with van der Waals surface area (Å²) in [6.07, 6.45) is 1.80. The normalized spacial score (nSPS) is 7.36. The molecule has 1 rings (SSSR count). The average molecular weight is 143 g/mol. The topological polar surface area (TPSA) is 47.1 Å². The average Bonchev–Trinajstić information content (AvgIpc) is 1.90. The molecule has 0 atom stereocenters. The van der Waals surface area contributed by atoms with Crippen LogP contribution in [0.2, 0.25) is 0 Å². The van der Waals surface area contributed by atoms with Gasteiger partial charge < -0.3 is 10.3 Å². The molecule has 0 aliphatic carbocycles. The number of aryl methyl sites for hydroxylation is 1. The van der Waals surface area contributed by atoms with E-state index in [1.54, 1.807) is 18.4 Å². The molecular formula is C8H8LiO2-. The third kappa shape index (κ3) is 4.00. The summed E-state index contributed by atoms with van der Waals surface area (Å²) >= 11 is 0. The van der Waals surface area contributed by atoms with Crippen LogP contribution in [0.25, 0.3) is 0 Å². The smallest absolute Gasteiger partial charge is 0.870 e. The maximum Gasteiger partial charge on any atom is 1.00 e. The van der Waals surface area contributed by atoms with Gasteiger partial charge in [-0.2, -0.15) is 17.7 Å². The summed E-state index contributed by atoms with van der Waals surface area (Å²) in [4.78, 5) is 9.99. The van der Waals surface area contributed by atoms with Crippen LogP contribution in [0, 0.1) is 6.92 Å². The van der Waals surface area contributed by atoms with Crippen LogP contribution in [0.3, 0.4) is 0 Å². The molecule has 3 heteroatoms. The van der Waals surface area contributed by atoms with Crippen LogP contribution in [0.15, 0.2) is 24.3 Å². The minimum Gasteiger partial charge on any atom is -0.870 e. The molecule has 11 heavy (non-hydrogen) atoms. The first-order chi connectivity index (χ1) is 4.33. The molecule has 0 aliphatic heterocycles. The van der Waals surface area contributed by atoms with E-state index in [-0.39, 0.29) is 24.3 Å². The molecule has 0 heterocycles. The summed E-state index contributed by atoms with van der Waals surface area (Å²) in [7, 11) is 0. The second kappa shape index (κ2) is 6.18. The molecule has 0 saturated carbocycles. The Bertz CT molecular complexity index is 206. The second-order valence-corrected chi connectivity index (χ2v) is 1.97. The van der Waals surface area contributed by atoms with E-state index in [4.69, 9.17) is 0 Å². The fourth-order valence-electron chi connectivity index (χ4n) is 0.622. The number of carbonyl (C=O) groups excluding carboxylic acids is 1. The molecule has 1 aromatic rings. The number of benzene rings is 1. The van der Waals surface area contributed by atoms with Gasteiger partial charge in [-0.05, 0) is 6.92 Å². The van der Waals surface area contributed by atoms with Gasteiger partial charge in [-0.1, -0.05) is 5.56 Å². The predicted molar refractivity (Wildman–Crippen MR) is 37.9 cm³/mol. The fourth-order valence-corrected chi connectivity index (χ4v) is 0.622. The molecule has 0 aliphatic rings. The standard InChI is InChI=1S/C8H7O.Li.H2O/c1-7-2-4-8(6-9)5-3-7;;/h2-5H,1H3;;1H2/q-1;+1;/p-1. The van der Waals surface area contributed by atoms with E-state index in [0.717, 1.165) is 5.56 Å². The van der Waals surface area contributed by atoms with Crippen molar-refractivity contribution in [2.45, 2.75) is 6.92 Å². The second-order valence-electron chi connectivity index (χ2n) is 1.97. The minimum atomic E-state index is 0. The third-order valence-electron chi connectivity index (χ3n) is 1.17. The molecule has 0 saturated heterocycles. The Morgan fingerprint density at radius 3 is 2.00 bits per heavy atom. The van der Waals surface area contributed by atoms with Crippen molar-refractivity contribution < 1.29 is 29.1 Å². The van der Waals surface area contributed by atoms with Crippen LogP contribution in [0.5, 0.6) is 0 Å². The van der Waals surface area contributed by atoms with Crippen molar-refractivity contribution in [2.75, 3.05) is 0 Å². The monoisotopic (exact) mass is 143 g/mol. The summed E-state index contributed by atoms with van der Waals surface area (Å²) < 4.78 is 0. The van der Waals surface area contributed by atoms with E-state index in [9.17, 15) is 4.79 Å². The van der Waals surface area contributed by atoms with E-state index in [2.05, 4.69) is 0 Å². The van der Waals surface area contributed by atoms with E-state index in [1.165, 1.54) is 0 Å². The Morgan fingerprint density at radius 2 is 1.64 bits per heavy atom. The molecule has 0 fully saturated rings. The zero-order valence-corrected chi connectivity index (χ0v) is 6.66. The van der Waals surface area contributed by atoms with Crippen molar-refractivity contribution in [2.24, 2.45) is 0 Å². The number of rotatable bonds is 1. The van der Waals surface area contributed by atoms with Gasteiger partial charge in [-0.3, -0.25) is 0 Å². The maximum absolute atomic E-state index is 9.99. The van der Waals surface area contributed by atoms with Gasteiger partial charge in [0.1, 0.15) is 0 Å². The van der Waals surface area contributed by atoms with Crippen molar-refractivity contribution in [3.8, 4) is 0 Å². The van der Waals surface area contributed by atoms with Crippen LogP contribution >= 0.6 is 0 Å². The quantitative estimate of drug-likeness (QED) is 0.347. The van der Waals surface area contributed by atoms with Gasteiger partial charge >= 0.3 is 18.9 Å². The van der Waals surface area contributed by atoms with Gasteiger partial charge in [0.2, 0.25) is 0 Å². The predicted octanol–water partition coefficient (Wildman–Crippen LogP) is -1.72. The van der Waals surface area contributed by atoms with Crippen LogP contribution in [0.1, 0.15) is 11.1 Å². The van der Waals surface area contributed by atoms with Gasteiger partial charge in [0.25, 0.3) is 0 Å². The number of hydrogen-bond donors (Lipinski definition) is 0. The summed E-state index contributed by atoms with van der Waals surface area (Å²) in [5, 5.41) is 0. The molecule has 54 valence electrons. The van der Waals surface area contributed by atoms with Crippen molar-refractivity contribution in [1.82, 2.24) is 0 Å². The van der Waals surface area contributed by atoms with Crippen molar-refractivity contribution in [3.05, 3.63) is 35.4 Å². The molecular weight excluding hydrogens is 135 g/mol. The first-order valence-electron chi connectivity index (χ1n) is 2.78. The Kier molecular flexibility index (Phi) is 7.34. The minimum absolute atomic E-state index is 0. The van der Waals surface area contributed by atoms with E-state index in [0.29, 0.717) is 5.56 Å². The summed E-state index contributed by atoms with van der Waals surface area (Å²) in [6, 6.07) is 7.28. The van der Waals surface area contributed by atoms with Gasteiger partial charge in [0, 0.05) is 0 Å².